The summed E-state index contributed by atoms with van der Waals surface area (Å²) in [6.07, 6.45) is 1.68. The molecule has 27 heavy (non-hydrogen) atoms. The predicted molar refractivity (Wildman–Crippen MR) is 113 cm³/mol. The molecule has 0 aliphatic rings. The second kappa shape index (κ2) is 8.93. The van der Waals surface area contributed by atoms with E-state index in [0.717, 1.165) is 27.5 Å². The summed E-state index contributed by atoms with van der Waals surface area (Å²) in [5.74, 6) is 0.192. The zero-order chi connectivity index (χ0) is 19.2. The van der Waals surface area contributed by atoms with Gasteiger partial charge in [0, 0.05) is 32.6 Å². The van der Waals surface area contributed by atoms with Crippen LogP contribution >= 0.6 is 23.4 Å². The molecule has 0 saturated heterocycles. The number of aromatic nitrogens is 1. The van der Waals surface area contributed by atoms with E-state index in [0.29, 0.717) is 10.8 Å². The molecule has 1 amide bonds. The fraction of sp³-hybridized carbons (Fsp3) is 0.143. The molecule has 0 radical (unpaired) electrons. The molecular weight excluding hydrogens is 378 g/mol. The van der Waals surface area contributed by atoms with Gasteiger partial charge in [-0.05, 0) is 56.3 Å². The van der Waals surface area contributed by atoms with Crippen molar-refractivity contribution in [3.05, 3.63) is 82.6 Å². The van der Waals surface area contributed by atoms with E-state index < -0.39 is 0 Å². The van der Waals surface area contributed by atoms with E-state index in [9.17, 15) is 4.79 Å². The van der Waals surface area contributed by atoms with Gasteiger partial charge < -0.3 is 4.57 Å². The number of halogens is 1. The molecule has 0 spiro atoms. The maximum absolute atomic E-state index is 12.0. The molecule has 2 aromatic carbocycles. The summed E-state index contributed by atoms with van der Waals surface area (Å²) < 4.78 is 2.13. The quantitative estimate of drug-likeness (QED) is 0.362. The largest absolute Gasteiger partial charge is 0.318 e. The summed E-state index contributed by atoms with van der Waals surface area (Å²) >= 11 is 7.46. The van der Waals surface area contributed by atoms with Crippen molar-refractivity contribution >= 4 is 35.5 Å². The van der Waals surface area contributed by atoms with Gasteiger partial charge in [-0.1, -0.05) is 29.8 Å². The van der Waals surface area contributed by atoms with E-state index in [1.165, 1.54) is 11.8 Å². The first-order valence-electron chi connectivity index (χ1n) is 8.49. The smallest absolute Gasteiger partial charge is 0.250 e. The van der Waals surface area contributed by atoms with Crippen LogP contribution in [0.3, 0.4) is 0 Å². The number of amides is 1. The Bertz CT molecular complexity index is 950. The van der Waals surface area contributed by atoms with Crippen LogP contribution in [0.4, 0.5) is 0 Å². The highest BCUT2D eigenvalue weighted by Crippen LogP contribution is 2.21. The number of rotatable bonds is 6. The van der Waals surface area contributed by atoms with Gasteiger partial charge in [0.15, 0.2) is 0 Å². The zero-order valence-electron chi connectivity index (χ0n) is 15.1. The molecule has 1 heterocycles. The standard InChI is InChI=1S/C21H20ClN3OS/c1-15-12-17(16(2)25(15)19-10-8-18(22)9-11-19)13-23-24-21(26)14-27-20-6-4-3-5-7-20/h3-13H,14H2,1-2H3,(H,24,26)/b23-13+. The topological polar surface area (TPSA) is 46.4 Å². The third-order valence-corrected chi connectivity index (χ3v) is 5.33. The monoisotopic (exact) mass is 397 g/mol. The van der Waals surface area contributed by atoms with Crippen LogP contribution < -0.4 is 5.43 Å². The predicted octanol–water partition coefficient (Wildman–Crippen LogP) is 4.99. The Morgan fingerprint density at radius 2 is 1.85 bits per heavy atom. The first-order valence-corrected chi connectivity index (χ1v) is 9.85. The highest BCUT2D eigenvalue weighted by atomic mass is 35.5. The highest BCUT2D eigenvalue weighted by Gasteiger charge is 2.09. The van der Waals surface area contributed by atoms with Crippen molar-refractivity contribution in [2.24, 2.45) is 5.10 Å². The first-order chi connectivity index (χ1) is 13.0. The Balaban J connectivity index is 1.63. The lowest BCUT2D eigenvalue weighted by Crippen LogP contribution is -2.19. The lowest BCUT2D eigenvalue weighted by atomic mass is 10.2. The van der Waals surface area contributed by atoms with Crippen LogP contribution in [-0.4, -0.2) is 22.4 Å². The molecule has 0 aliphatic carbocycles. The van der Waals surface area contributed by atoms with Crippen LogP contribution in [0.1, 0.15) is 17.0 Å². The third-order valence-electron chi connectivity index (χ3n) is 4.06. The number of nitrogens with zero attached hydrogens (tertiary/aromatic N) is 2. The lowest BCUT2D eigenvalue weighted by molar-refractivity contribution is -0.118. The molecule has 1 aromatic heterocycles. The van der Waals surface area contributed by atoms with E-state index >= 15 is 0 Å². The van der Waals surface area contributed by atoms with Crippen LogP contribution in [-0.2, 0) is 4.79 Å². The number of nitrogens with one attached hydrogen (secondary N) is 1. The van der Waals surface area contributed by atoms with Gasteiger partial charge in [0.2, 0.25) is 5.91 Å². The van der Waals surface area contributed by atoms with Crippen LogP contribution in [0.15, 0.2) is 70.7 Å². The molecule has 0 saturated carbocycles. The molecule has 0 fully saturated rings. The van der Waals surface area contributed by atoms with Crippen LogP contribution in [0.2, 0.25) is 5.02 Å². The first kappa shape index (κ1) is 19.3. The van der Waals surface area contributed by atoms with E-state index in [1.54, 1.807) is 6.21 Å². The zero-order valence-corrected chi connectivity index (χ0v) is 16.7. The number of thioether (sulfide) groups is 1. The van der Waals surface area contributed by atoms with Crippen molar-refractivity contribution in [3.63, 3.8) is 0 Å². The molecule has 6 heteroatoms. The van der Waals surface area contributed by atoms with Gasteiger partial charge in [0.1, 0.15) is 0 Å². The number of carbonyl (C=O) groups is 1. The van der Waals surface area contributed by atoms with Gasteiger partial charge in [-0.3, -0.25) is 4.79 Å². The Labute approximate surface area is 168 Å². The second-order valence-electron chi connectivity index (χ2n) is 6.03. The number of aryl methyl sites for hydroxylation is 1. The summed E-state index contributed by atoms with van der Waals surface area (Å²) in [7, 11) is 0. The number of benzene rings is 2. The Kier molecular flexibility index (Phi) is 6.37. The molecule has 0 unspecified atom stereocenters. The van der Waals surface area contributed by atoms with Gasteiger partial charge in [-0.15, -0.1) is 11.8 Å². The number of carbonyl (C=O) groups excluding carboxylic acids is 1. The molecule has 0 bridgehead atoms. The van der Waals surface area contributed by atoms with E-state index in [4.69, 9.17) is 11.6 Å². The summed E-state index contributed by atoms with van der Waals surface area (Å²) in [5, 5.41) is 4.81. The van der Waals surface area contributed by atoms with Gasteiger partial charge in [0.25, 0.3) is 0 Å². The molecule has 3 rings (SSSR count). The third kappa shape index (κ3) is 5.02. The molecular formula is C21H20ClN3OS. The Hall–Kier alpha value is -2.50. The Morgan fingerprint density at radius 1 is 1.15 bits per heavy atom. The SMILES string of the molecule is Cc1cc(/C=N/NC(=O)CSc2ccccc2)c(C)n1-c1ccc(Cl)cc1. The van der Waals surface area contributed by atoms with Crippen molar-refractivity contribution in [3.8, 4) is 5.69 Å². The lowest BCUT2D eigenvalue weighted by Gasteiger charge is -2.09. The highest BCUT2D eigenvalue weighted by molar-refractivity contribution is 8.00. The second-order valence-corrected chi connectivity index (χ2v) is 7.52. The maximum atomic E-state index is 12.0. The van der Waals surface area contributed by atoms with Crippen LogP contribution in [0.25, 0.3) is 5.69 Å². The minimum atomic E-state index is -0.133. The number of hydrogen-bond donors (Lipinski definition) is 1. The summed E-state index contributed by atoms with van der Waals surface area (Å²) in [6, 6.07) is 19.6. The molecule has 4 nitrogen and oxygen atoms in total. The average Bonchev–Trinajstić information content (AvgIpc) is 2.95. The van der Waals surface area contributed by atoms with E-state index in [-0.39, 0.29) is 5.91 Å². The van der Waals surface area contributed by atoms with E-state index in [2.05, 4.69) is 15.1 Å². The normalized spacial score (nSPS) is 11.1. The van der Waals surface area contributed by atoms with Gasteiger partial charge in [0.05, 0.1) is 12.0 Å². The minimum Gasteiger partial charge on any atom is -0.318 e. The van der Waals surface area contributed by atoms with Crippen molar-refractivity contribution in [1.29, 1.82) is 0 Å². The van der Waals surface area contributed by atoms with Crippen molar-refractivity contribution in [1.82, 2.24) is 9.99 Å². The fourth-order valence-electron chi connectivity index (χ4n) is 2.78. The number of hydrogen-bond acceptors (Lipinski definition) is 3. The van der Waals surface area contributed by atoms with Gasteiger partial charge in [-0.2, -0.15) is 5.10 Å². The fourth-order valence-corrected chi connectivity index (χ4v) is 3.62. The summed E-state index contributed by atoms with van der Waals surface area (Å²) in [4.78, 5) is 13.0. The van der Waals surface area contributed by atoms with Crippen LogP contribution in [0.5, 0.6) is 0 Å². The van der Waals surface area contributed by atoms with Gasteiger partial charge >= 0.3 is 0 Å². The summed E-state index contributed by atoms with van der Waals surface area (Å²) in [5.41, 5.74) is 6.72. The van der Waals surface area contributed by atoms with E-state index in [1.807, 2.05) is 74.5 Å². The van der Waals surface area contributed by atoms with Gasteiger partial charge in [-0.25, -0.2) is 5.43 Å². The Morgan fingerprint density at radius 3 is 2.56 bits per heavy atom. The molecule has 0 atom stereocenters. The minimum absolute atomic E-state index is 0.133. The van der Waals surface area contributed by atoms with Crippen molar-refractivity contribution in [2.75, 3.05) is 5.75 Å². The maximum Gasteiger partial charge on any atom is 0.250 e. The molecule has 0 aliphatic heterocycles. The molecule has 138 valence electrons. The summed E-state index contributed by atoms with van der Waals surface area (Å²) in [6.45, 7) is 4.06. The van der Waals surface area contributed by atoms with Crippen LogP contribution in [0, 0.1) is 13.8 Å². The average molecular weight is 398 g/mol. The number of hydrazone groups is 1. The van der Waals surface area contributed by atoms with Crippen molar-refractivity contribution in [2.45, 2.75) is 18.7 Å². The van der Waals surface area contributed by atoms with Crippen molar-refractivity contribution < 1.29 is 4.79 Å². The molecule has 1 N–H and O–H groups in total. The molecule has 3 aromatic rings.